The molecular formula is C19H25FO. The van der Waals surface area contributed by atoms with Gasteiger partial charge in [-0.25, -0.2) is 4.39 Å². The van der Waals surface area contributed by atoms with E-state index in [9.17, 15) is 9.50 Å². The highest BCUT2D eigenvalue weighted by molar-refractivity contribution is 5.28. The molecule has 2 unspecified atom stereocenters. The van der Waals surface area contributed by atoms with Gasteiger partial charge in [0.1, 0.15) is 5.82 Å². The van der Waals surface area contributed by atoms with Gasteiger partial charge in [-0.3, -0.25) is 0 Å². The molecule has 1 N–H and O–H groups in total. The molecule has 0 fully saturated rings. The van der Waals surface area contributed by atoms with Gasteiger partial charge in [0.15, 0.2) is 0 Å². The molecule has 0 saturated carbocycles. The quantitative estimate of drug-likeness (QED) is 0.745. The molecule has 0 heterocycles. The Balaban J connectivity index is 1.79. The number of halogens is 1. The summed E-state index contributed by atoms with van der Waals surface area (Å²) in [6, 6.07) is 6.32. The molecule has 1 aromatic carbocycles. The highest BCUT2D eigenvalue weighted by Crippen LogP contribution is 2.49. The number of hydrogen-bond donors (Lipinski definition) is 1. The lowest BCUT2D eigenvalue weighted by molar-refractivity contribution is 0.0928. The van der Waals surface area contributed by atoms with Crippen LogP contribution in [-0.2, 0) is 0 Å². The van der Waals surface area contributed by atoms with Crippen molar-refractivity contribution in [1.82, 2.24) is 0 Å². The van der Waals surface area contributed by atoms with Crippen molar-refractivity contribution < 1.29 is 9.50 Å². The summed E-state index contributed by atoms with van der Waals surface area (Å²) in [5.41, 5.74) is 4.37. The molecule has 2 aliphatic rings. The molecule has 21 heavy (non-hydrogen) atoms. The maximum atomic E-state index is 13.0. The SMILES string of the molecule is CC1(C)CCCC2=C1CC(C(O)c1ccc(F)cc1)CC2. The predicted octanol–water partition coefficient (Wildman–Crippen LogP) is 5.17. The summed E-state index contributed by atoms with van der Waals surface area (Å²) in [5, 5.41) is 10.7. The smallest absolute Gasteiger partial charge is 0.123 e. The molecule has 0 spiro atoms. The monoisotopic (exact) mass is 288 g/mol. The van der Waals surface area contributed by atoms with E-state index >= 15 is 0 Å². The normalized spacial score (nSPS) is 26.4. The summed E-state index contributed by atoms with van der Waals surface area (Å²) < 4.78 is 13.0. The Bertz CT molecular complexity index is 541. The third-order valence-electron chi connectivity index (χ3n) is 5.47. The minimum atomic E-state index is -0.475. The van der Waals surface area contributed by atoms with Gasteiger partial charge < -0.3 is 5.11 Å². The van der Waals surface area contributed by atoms with E-state index < -0.39 is 6.10 Å². The summed E-state index contributed by atoms with van der Waals surface area (Å²) in [5.74, 6) is 0.0274. The number of hydrogen-bond acceptors (Lipinski definition) is 1. The van der Waals surface area contributed by atoms with E-state index in [1.54, 1.807) is 23.3 Å². The van der Waals surface area contributed by atoms with Gasteiger partial charge in [0.25, 0.3) is 0 Å². The van der Waals surface area contributed by atoms with Crippen LogP contribution in [0.15, 0.2) is 35.4 Å². The van der Waals surface area contributed by atoms with Crippen molar-refractivity contribution in [2.24, 2.45) is 11.3 Å². The fourth-order valence-corrected chi connectivity index (χ4v) is 4.15. The van der Waals surface area contributed by atoms with Gasteiger partial charge in [0.2, 0.25) is 0 Å². The first-order valence-corrected chi connectivity index (χ1v) is 8.12. The van der Waals surface area contributed by atoms with E-state index in [-0.39, 0.29) is 17.2 Å². The predicted molar refractivity (Wildman–Crippen MR) is 83.4 cm³/mol. The lowest BCUT2D eigenvalue weighted by Gasteiger charge is -2.41. The second-order valence-electron chi connectivity index (χ2n) is 7.32. The molecule has 1 aromatic rings. The van der Waals surface area contributed by atoms with Crippen LogP contribution in [0.1, 0.15) is 64.0 Å². The minimum Gasteiger partial charge on any atom is -0.388 e. The van der Waals surface area contributed by atoms with Crippen molar-refractivity contribution in [3.8, 4) is 0 Å². The van der Waals surface area contributed by atoms with Crippen LogP contribution in [-0.4, -0.2) is 5.11 Å². The number of allylic oxidation sites excluding steroid dienone is 2. The van der Waals surface area contributed by atoms with Gasteiger partial charge in [-0.15, -0.1) is 0 Å². The third-order valence-corrected chi connectivity index (χ3v) is 5.47. The van der Waals surface area contributed by atoms with Crippen molar-refractivity contribution in [2.45, 2.75) is 58.5 Å². The molecule has 0 bridgehead atoms. The summed E-state index contributed by atoms with van der Waals surface area (Å²) in [6.07, 6.45) is 6.51. The fourth-order valence-electron chi connectivity index (χ4n) is 4.15. The van der Waals surface area contributed by atoms with Crippen LogP contribution < -0.4 is 0 Å². The van der Waals surface area contributed by atoms with Gasteiger partial charge in [0, 0.05) is 0 Å². The highest BCUT2D eigenvalue weighted by atomic mass is 19.1. The zero-order chi connectivity index (χ0) is 15.0. The van der Waals surface area contributed by atoms with Crippen LogP contribution in [0.25, 0.3) is 0 Å². The van der Waals surface area contributed by atoms with Crippen LogP contribution in [0.4, 0.5) is 4.39 Å². The Kier molecular flexibility index (Phi) is 3.92. The molecule has 0 aliphatic heterocycles. The molecule has 2 atom stereocenters. The minimum absolute atomic E-state index is 0.243. The molecule has 2 aliphatic carbocycles. The Hall–Kier alpha value is -1.15. The Morgan fingerprint density at radius 1 is 1.19 bits per heavy atom. The first-order chi connectivity index (χ1) is 9.97. The van der Waals surface area contributed by atoms with Crippen LogP contribution in [0.5, 0.6) is 0 Å². The van der Waals surface area contributed by atoms with Gasteiger partial charge in [-0.1, -0.05) is 37.1 Å². The van der Waals surface area contributed by atoms with Gasteiger partial charge in [0.05, 0.1) is 6.10 Å². The van der Waals surface area contributed by atoms with Crippen molar-refractivity contribution in [1.29, 1.82) is 0 Å². The summed E-state index contributed by atoms with van der Waals surface area (Å²) in [6.45, 7) is 4.68. The second kappa shape index (κ2) is 5.57. The maximum Gasteiger partial charge on any atom is 0.123 e. The largest absolute Gasteiger partial charge is 0.388 e. The fraction of sp³-hybridized carbons (Fsp3) is 0.579. The zero-order valence-corrected chi connectivity index (χ0v) is 13.0. The molecule has 0 saturated heterocycles. The number of aliphatic hydroxyl groups is 1. The number of aliphatic hydroxyl groups excluding tert-OH is 1. The molecule has 1 nitrogen and oxygen atoms in total. The molecule has 3 rings (SSSR count). The van der Waals surface area contributed by atoms with E-state index in [0.29, 0.717) is 0 Å². The summed E-state index contributed by atoms with van der Waals surface area (Å²) >= 11 is 0. The maximum absolute atomic E-state index is 13.0. The van der Waals surface area contributed by atoms with Crippen LogP contribution in [0.2, 0.25) is 0 Å². The first-order valence-electron chi connectivity index (χ1n) is 8.12. The topological polar surface area (TPSA) is 20.2 Å². The standard InChI is InChI=1S/C19H25FO/c1-19(2)11-3-4-13-5-6-15(12-17(13)19)18(21)14-7-9-16(20)10-8-14/h7-10,15,18,21H,3-6,11-12H2,1-2H3. The Labute approximate surface area is 126 Å². The number of rotatable bonds is 2. The van der Waals surface area contributed by atoms with E-state index in [2.05, 4.69) is 13.8 Å². The summed E-state index contributed by atoms with van der Waals surface area (Å²) in [4.78, 5) is 0. The van der Waals surface area contributed by atoms with E-state index in [1.807, 2.05) is 0 Å². The van der Waals surface area contributed by atoms with Gasteiger partial charge in [-0.05, 0) is 67.6 Å². The molecule has 2 heteroatoms. The summed E-state index contributed by atoms with van der Waals surface area (Å²) in [7, 11) is 0. The van der Waals surface area contributed by atoms with E-state index in [0.717, 1.165) is 24.8 Å². The molecule has 0 aromatic heterocycles. The lowest BCUT2D eigenvalue weighted by atomic mass is 9.64. The zero-order valence-electron chi connectivity index (χ0n) is 13.0. The molecular weight excluding hydrogens is 263 g/mol. The Morgan fingerprint density at radius 3 is 2.62 bits per heavy atom. The van der Waals surface area contributed by atoms with Crippen molar-refractivity contribution in [3.05, 3.63) is 46.8 Å². The van der Waals surface area contributed by atoms with Gasteiger partial charge in [-0.2, -0.15) is 0 Å². The van der Waals surface area contributed by atoms with Crippen molar-refractivity contribution in [2.75, 3.05) is 0 Å². The lowest BCUT2D eigenvalue weighted by Crippen LogP contribution is -2.28. The van der Waals surface area contributed by atoms with Crippen LogP contribution >= 0.6 is 0 Å². The average Bonchev–Trinajstić information content (AvgIpc) is 2.47. The third kappa shape index (κ3) is 2.91. The number of benzene rings is 1. The molecule has 114 valence electrons. The Morgan fingerprint density at radius 2 is 1.90 bits per heavy atom. The first kappa shape index (κ1) is 14.8. The van der Waals surface area contributed by atoms with Crippen LogP contribution in [0.3, 0.4) is 0 Å². The average molecular weight is 288 g/mol. The van der Waals surface area contributed by atoms with Crippen LogP contribution in [0, 0.1) is 17.2 Å². The second-order valence-corrected chi connectivity index (χ2v) is 7.32. The van der Waals surface area contributed by atoms with Crippen molar-refractivity contribution in [3.63, 3.8) is 0 Å². The van der Waals surface area contributed by atoms with E-state index in [4.69, 9.17) is 0 Å². The highest BCUT2D eigenvalue weighted by Gasteiger charge is 2.36. The molecule has 0 amide bonds. The van der Waals surface area contributed by atoms with Crippen molar-refractivity contribution >= 4 is 0 Å². The van der Waals surface area contributed by atoms with E-state index in [1.165, 1.54) is 31.4 Å². The molecule has 0 radical (unpaired) electrons. The van der Waals surface area contributed by atoms with Gasteiger partial charge >= 0.3 is 0 Å².